The van der Waals surface area contributed by atoms with Crippen LogP contribution in [0.3, 0.4) is 0 Å². The van der Waals surface area contributed by atoms with Crippen LogP contribution >= 0.6 is 11.3 Å². The Kier molecular flexibility index (Phi) is 6.03. The fourth-order valence-electron chi connectivity index (χ4n) is 4.52. The number of phenolic OH excluding ortho intramolecular Hbond substituents is 1. The lowest BCUT2D eigenvalue weighted by Crippen LogP contribution is -2.31. The van der Waals surface area contributed by atoms with Gasteiger partial charge in [0.1, 0.15) is 0 Å². The number of amides is 1. The molecule has 1 amide bonds. The van der Waals surface area contributed by atoms with Gasteiger partial charge in [0.05, 0.1) is 21.4 Å². The SMILES string of the molecule is Cc1ncc(-c2ccc3cn(C4CCC(CNC(=O)c5cc(F)c(O)c(F)c5)CC4)nc3c2)s1. The van der Waals surface area contributed by atoms with Crippen LogP contribution in [-0.2, 0) is 0 Å². The average molecular weight is 483 g/mol. The number of aromatic hydroxyl groups is 1. The van der Waals surface area contributed by atoms with Gasteiger partial charge in [0.25, 0.3) is 5.91 Å². The Bertz CT molecular complexity index is 1340. The summed E-state index contributed by atoms with van der Waals surface area (Å²) in [5, 5.41) is 18.9. The van der Waals surface area contributed by atoms with Gasteiger partial charge in [0.2, 0.25) is 0 Å². The van der Waals surface area contributed by atoms with Crippen molar-refractivity contribution in [2.24, 2.45) is 5.92 Å². The van der Waals surface area contributed by atoms with Crippen LogP contribution in [0.5, 0.6) is 5.75 Å². The Labute approximate surface area is 199 Å². The standard InChI is InChI=1S/C25H24F2N4O2S/c1-14-28-12-23(34-14)16-4-5-17-13-31(30-22(17)10-16)19-6-2-15(3-7-19)11-29-25(33)18-8-20(26)24(32)21(27)9-18/h4-5,8-10,12-13,15,19,32H,2-3,6-7,11H2,1H3,(H,29,33). The minimum atomic E-state index is -1.15. The van der Waals surface area contributed by atoms with Gasteiger partial charge in [0.15, 0.2) is 17.4 Å². The van der Waals surface area contributed by atoms with Crippen molar-refractivity contribution in [2.75, 3.05) is 6.54 Å². The number of rotatable bonds is 5. The largest absolute Gasteiger partial charge is 0.503 e. The molecule has 5 rings (SSSR count). The Balaban J connectivity index is 1.18. The molecule has 0 atom stereocenters. The first kappa shape index (κ1) is 22.5. The fraction of sp³-hybridized carbons (Fsp3) is 0.320. The van der Waals surface area contributed by atoms with Gasteiger partial charge in [-0.25, -0.2) is 13.8 Å². The van der Waals surface area contributed by atoms with E-state index >= 15 is 0 Å². The maximum atomic E-state index is 13.5. The highest BCUT2D eigenvalue weighted by Gasteiger charge is 2.24. The molecule has 1 aliphatic rings. The van der Waals surface area contributed by atoms with Gasteiger partial charge in [0, 0.05) is 29.9 Å². The number of nitrogens with zero attached hydrogens (tertiary/aromatic N) is 3. The number of benzene rings is 2. The van der Waals surface area contributed by atoms with Crippen LogP contribution < -0.4 is 5.32 Å². The van der Waals surface area contributed by atoms with Gasteiger partial charge in [-0.3, -0.25) is 9.48 Å². The first-order valence-corrected chi connectivity index (χ1v) is 12.1. The Morgan fingerprint density at radius 1 is 1.18 bits per heavy atom. The average Bonchev–Trinajstić information content (AvgIpc) is 3.46. The van der Waals surface area contributed by atoms with E-state index in [1.165, 1.54) is 0 Å². The van der Waals surface area contributed by atoms with Crippen molar-refractivity contribution in [3.63, 3.8) is 0 Å². The van der Waals surface area contributed by atoms with Crippen molar-refractivity contribution < 1.29 is 18.7 Å². The summed E-state index contributed by atoms with van der Waals surface area (Å²) in [6.07, 6.45) is 7.72. The van der Waals surface area contributed by atoms with Crippen LogP contribution in [0, 0.1) is 24.5 Å². The minimum absolute atomic E-state index is 0.141. The van der Waals surface area contributed by atoms with E-state index < -0.39 is 23.3 Å². The lowest BCUT2D eigenvalue weighted by atomic mass is 9.86. The molecule has 0 saturated heterocycles. The van der Waals surface area contributed by atoms with E-state index in [2.05, 4.69) is 39.4 Å². The minimum Gasteiger partial charge on any atom is -0.503 e. The first-order chi connectivity index (χ1) is 16.4. The van der Waals surface area contributed by atoms with Crippen LogP contribution in [-0.4, -0.2) is 32.3 Å². The molecule has 2 heterocycles. The highest BCUT2D eigenvalue weighted by molar-refractivity contribution is 7.15. The van der Waals surface area contributed by atoms with E-state index in [0.717, 1.165) is 64.2 Å². The third kappa shape index (κ3) is 4.52. The predicted molar refractivity (Wildman–Crippen MR) is 127 cm³/mol. The number of carbonyl (C=O) groups is 1. The number of halogens is 2. The lowest BCUT2D eigenvalue weighted by Gasteiger charge is -2.28. The molecule has 0 bridgehead atoms. The molecule has 2 N–H and O–H groups in total. The van der Waals surface area contributed by atoms with Crippen LogP contribution in [0.25, 0.3) is 21.3 Å². The van der Waals surface area contributed by atoms with Gasteiger partial charge in [-0.2, -0.15) is 5.10 Å². The van der Waals surface area contributed by atoms with Gasteiger partial charge in [-0.1, -0.05) is 12.1 Å². The molecule has 0 radical (unpaired) electrons. The second-order valence-electron chi connectivity index (χ2n) is 8.80. The maximum absolute atomic E-state index is 13.5. The summed E-state index contributed by atoms with van der Waals surface area (Å²) >= 11 is 1.67. The monoisotopic (exact) mass is 482 g/mol. The molecule has 6 nitrogen and oxygen atoms in total. The number of fused-ring (bicyclic) bond motifs is 1. The lowest BCUT2D eigenvalue weighted by molar-refractivity contribution is 0.0940. The summed E-state index contributed by atoms with van der Waals surface area (Å²) in [5.41, 5.74) is 1.94. The molecule has 0 spiro atoms. The number of phenols is 1. The maximum Gasteiger partial charge on any atom is 0.251 e. The van der Waals surface area contributed by atoms with Crippen molar-refractivity contribution in [1.29, 1.82) is 0 Å². The van der Waals surface area contributed by atoms with Crippen LogP contribution in [0.2, 0.25) is 0 Å². The molecule has 1 aliphatic carbocycles. The summed E-state index contributed by atoms with van der Waals surface area (Å²) in [6, 6.07) is 8.29. The number of aromatic nitrogens is 3. The number of aryl methyl sites for hydroxylation is 1. The van der Waals surface area contributed by atoms with Crippen LogP contribution in [0.4, 0.5) is 8.78 Å². The predicted octanol–water partition coefficient (Wildman–Crippen LogP) is 5.61. The topological polar surface area (TPSA) is 80.0 Å². The molecular weight excluding hydrogens is 458 g/mol. The molecule has 4 aromatic rings. The summed E-state index contributed by atoms with van der Waals surface area (Å²) in [5.74, 6) is -3.63. The molecule has 176 valence electrons. The van der Waals surface area contributed by atoms with Crippen LogP contribution in [0.15, 0.2) is 42.7 Å². The Morgan fingerprint density at radius 3 is 2.59 bits per heavy atom. The second-order valence-corrected chi connectivity index (χ2v) is 10.0. The molecule has 9 heteroatoms. The second kappa shape index (κ2) is 9.13. The number of carbonyl (C=O) groups excluding carboxylic acids is 1. The quantitative estimate of drug-likeness (QED) is 0.387. The summed E-state index contributed by atoms with van der Waals surface area (Å²) in [4.78, 5) is 17.7. The number of nitrogens with one attached hydrogen (secondary N) is 1. The number of thiazole rings is 1. The van der Waals surface area contributed by atoms with E-state index in [9.17, 15) is 18.7 Å². The molecule has 2 aromatic heterocycles. The molecule has 2 aromatic carbocycles. The van der Waals surface area contributed by atoms with Gasteiger partial charge in [-0.05, 0) is 62.3 Å². The normalized spacial score (nSPS) is 18.3. The molecule has 0 aliphatic heterocycles. The third-order valence-electron chi connectivity index (χ3n) is 6.45. The zero-order valence-electron chi connectivity index (χ0n) is 18.6. The molecule has 1 saturated carbocycles. The third-order valence-corrected chi connectivity index (χ3v) is 7.41. The van der Waals surface area contributed by atoms with Gasteiger partial charge in [-0.15, -0.1) is 11.3 Å². The Morgan fingerprint density at radius 2 is 1.91 bits per heavy atom. The zero-order chi connectivity index (χ0) is 23.8. The van der Waals surface area contributed by atoms with Gasteiger partial charge >= 0.3 is 0 Å². The fourth-order valence-corrected chi connectivity index (χ4v) is 5.29. The molecule has 1 fully saturated rings. The van der Waals surface area contributed by atoms with E-state index in [4.69, 9.17) is 5.10 Å². The van der Waals surface area contributed by atoms with Crippen molar-refractivity contribution >= 4 is 28.1 Å². The number of hydrogen-bond donors (Lipinski definition) is 2. The molecular formula is C25H24F2N4O2S. The van der Waals surface area contributed by atoms with E-state index in [0.29, 0.717) is 12.6 Å². The van der Waals surface area contributed by atoms with Crippen molar-refractivity contribution in [3.8, 4) is 16.2 Å². The molecule has 34 heavy (non-hydrogen) atoms. The zero-order valence-corrected chi connectivity index (χ0v) is 19.4. The summed E-state index contributed by atoms with van der Waals surface area (Å²) in [6.45, 7) is 2.44. The Hall–Kier alpha value is -3.33. The highest BCUT2D eigenvalue weighted by Crippen LogP contribution is 2.34. The summed E-state index contributed by atoms with van der Waals surface area (Å²) in [7, 11) is 0. The first-order valence-electron chi connectivity index (χ1n) is 11.3. The van der Waals surface area contributed by atoms with E-state index in [1.54, 1.807) is 11.3 Å². The van der Waals surface area contributed by atoms with E-state index in [-0.39, 0.29) is 11.5 Å². The highest BCUT2D eigenvalue weighted by atomic mass is 32.1. The van der Waals surface area contributed by atoms with Gasteiger partial charge < -0.3 is 10.4 Å². The van der Waals surface area contributed by atoms with Crippen molar-refractivity contribution in [3.05, 3.63) is 64.9 Å². The smallest absolute Gasteiger partial charge is 0.251 e. The summed E-state index contributed by atoms with van der Waals surface area (Å²) < 4.78 is 29.1. The van der Waals surface area contributed by atoms with Crippen molar-refractivity contribution in [1.82, 2.24) is 20.1 Å². The van der Waals surface area contributed by atoms with E-state index in [1.807, 2.05) is 13.1 Å². The molecule has 0 unspecified atom stereocenters. The van der Waals surface area contributed by atoms with Crippen molar-refractivity contribution in [2.45, 2.75) is 38.6 Å². The number of hydrogen-bond acceptors (Lipinski definition) is 5. The van der Waals surface area contributed by atoms with Crippen LogP contribution in [0.1, 0.15) is 47.1 Å².